The van der Waals surface area contributed by atoms with Crippen molar-refractivity contribution in [2.24, 2.45) is 0 Å². The van der Waals surface area contributed by atoms with Gasteiger partial charge in [-0.3, -0.25) is 14.5 Å². The molecule has 0 bridgehead atoms. The van der Waals surface area contributed by atoms with E-state index in [2.05, 4.69) is 5.32 Å². The van der Waals surface area contributed by atoms with Crippen LogP contribution in [0.4, 0.5) is 11.4 Å². The first-order valence-corrected chi connectivity index (χ1v) is 9.40. The fraction of sp³-hybridized carbons (Fsp3) is 0.333. The summed E-state index contributed by atoms with van der Waals surface area (Å²) in [5.74, 6) is 0.0107. The highest BCUT2D eigenvalue weighted by atomic mass is 35.5. The predicted octanol–water partition coefficient (Wildman–Crippen LogP) is 4.35. The lowest BCUT2D eigenvalue weighted by atomic mass is 10.0. The number of carbonyl (C=O) groups is 2. The molecule has 6 heteroatoms. The maximum absolute atomic E-state index is 13.0. The van der Waals surface area contributed by atoms with E-state index >= 15 is 0 Å². The van der Waals surface area contributed by atoms with Crippen molar-refractivity contribution in [2.75, 3.05) is 10.2 Å². The average molecular weight is 387 g/mol. The molecule has 2 aromatic rings. The van der Waals surface area contributed by atoms with E-state index < -0.39 is 12.1 Å². The zero-order valence-corrected chi connectivity index (χ0v) is 16.6. The molecular formula is C21H23ClN2O3. The van der Waals surface area contributed by atoms with Gasteiger partial charge in [-0.15, -0.1) is 0 Å². The van der Waals surface area contributed by atoms with Gasteiger partial charge in [0.15, 0.2) is 6.10 Å². The molecule has 2 aromatic carbocycles. The summed E-state index contributed by atoms with van der Waals surface area (Å²) >= 11 is 6.11. The first kappa shape index (κ1) is 19.2. The number of ether oxygens (including phenoxy) is 1. The molecule has 3 rings (SSSR count). The minimum atomic E-state index is -0.717. The van der Waals surface area contributed by atoms with Gasteiger partial charge in [0.1, 0.15) is 11.8 Å². The number of rotatable bonds is 4. The first-order valence-electron chi connectivity index (χ1n) is 9.02. The largest absolute Gasteiger partial charge is 0.479 e. The zero-order chi connectivity index (χ0) is 19.7. The molecule has 142 valence electrons. The second-order valence-electron chi connectivity index (χ2n) is 6.71. The Morgan fingerprint density at radius 3 is 2.78 bits per heavy atom. The van der Waals surface area contributed by atoms with Gasteiger partial charge in [0.25, 0.3) is 5.91 Å². The van der Waals surface area contributed by atoms with Crippen LogP contribution < -0.4 is 15.0 Å². The highest BCUT2D eigenvalue weighted by Gasteiger charge is 2.37. The number of benzene rings is 2. The van der Waals surface area contributed by atoms with Gasteiger partial charge in [0.05, 0.1) is 5.69 Å². The van der Waals surface area contributed by atoms with E-state index in [0.29, 0.717) is 16.5 Å². The third-order valence-electron chi connectivity index (χ3n) is 4.82. The van der Waals surface area contributed by atoms with Crippen LogP contribution >= 0.6 is 11.6 Å². The summed E-state index contributed by atoms with van der Waals surface area (Å²) < 4.78 is 5.65. The van der Waals surface area contributed by atoms with Crippen LogP contribution in [0.3, 0.4) is 0 Å². The van der Waals surface area contributed by atoms with Crippen LogP contribution in [-0.4, -0.2) is 24.0 Å². The number of nitrogens with zero attached hydrogens (tertiary/aromatic N) is 1. The summed E-state index contributed by atoms with van der Waals surface area (Å²) in [6, 6.07) is 10.3. The number of para-hydroxylation sites is 1. The number of fused-ring (bicyclic) bond motifs is 1. The van der Waals surface area contributed by atoms with E-state index in [9.17, 15) is 9.59 Å². The van der Waals surface area contributed by atoms with E-state index in [0.717, 1.165) is 23.2 Å². The number of amides is 2. The van der Waals surface area contributed by atoms with Crippen LogP contribution in [0, 0.1) is 6.92 Å². The summed E-state index contributed by atoms with van der Waals surface area (Å²) in [6.45, 7) is 7.38. The van der Waals surface area contributed by atoms with Crippen molar-refractivity contribution in [2.45, 2.75) is 46.3 Å². The van der Waals surface area contributed by atoms with Crippen molar-refractivity contribution < 1.29 is 14.3 Å². The summed E-state index contributed by atoms with van der Waals surface area (Å²) in [5, 5.41) is 3.48. The lowest BCUT2D eigenvalue weighted by Crippen LogP contribution is -2.52. The number of nitrogens with one attached hydrogen (secondary N) is 1. The van der Waals surface area contributed by atoms with Crippen LogP contribution in [0.5, 0.6) is 5.75 Å². The second kappa shape index (κ2) is 7.61. The normalized spacial score (nSPS) is 17.1. The van der Waals surface area contributed by atoms with Crippen LogP contribution in [0.1, 0.15) is 31.9 Å². The topological polar surface area (TPSA) is 58.6 Å². The molecule has 0 fully saturated rings. The molecule has 27 heavy (non-hydrogen) atoms. The zero-order valence-electron chi connectivity index (χ0n) is 15.9. The highest BCUT2D eigenvalue weighted by molar-refractivity contribution is 6.31. The summed E-state index contributed by atoms with van der Waals surface area (Å²) in [5.41, 5.74) is 3.35. The Balaban J connectivity index is 1.93. The Kier molecular flexibility index (Phi) is 5.42. The van der Waals surface area contributed by atoms with Gasteiger partial charge in [0.2, 0.25) is 5.91 Å². The minimum Gasteiger partial charge on any atom is -0.479 e. The van der Waals surface area contributed by atoms with E-state index in [4.69, 9.17) is 16.3 Å². The lowest BCUT2D eigenvalue weighted by molar-refractivity contribution is -0.128. The van der Waals surface area contributed by atoms with E-state index in [1.807, 2.05) is 32.0 Å². The Bertz CT molecular complexity index is 897. The van der Waals surface area contributed by atoms with Crippen molar-refractivity contribution in [3.05, 3.63) is 52.5 Å². The predicted molar refractivity (Wildman–Crippen MR) is 108 cm³/mol. The molecule has 2 atom stereocenters. The van der Waals surface area contributed by atoms with Gasteiger partial charge < -0.3 is 10.1 Å². The number of aryl methyl sites for hydroxylation is 2. The van der Waals surface area contributed by atoms with Crippen molar-refractivity contribution in [3.8, 4) is 5.75 Å². The van der Waals surface area contributed by atoms with Gasteiger partial charge in [-0.25, -0.2) is 0 Å². The Hall–Kier alpha value is -2.53. The Morgan fingerprint density at radius 2 is 2.07 bits per heavy atom. The number of carbonyl (C=O) groups excluding carboxylic acids is 2. The standard InChI is InChI=1S/C21H23ClN2O3/c1-5-15-8-6-7-12(2)19(15)23-20(25)13(3)24-17-11-16(22)9-10-18(17)27-14(4)21(24)26/h6-11,13-14H,5H2,1-4H3,(H,23,25). The van der Waals surface area contributed by atoms with Crippen LogP contribution in [0.2, 0.25) is 5.02 Å². The molecule has 0 saturated heterocycles. The molecular weight excluding hydrogens is 364 g/mol. The van der Waals surface area contributed by atoms with Gasteiger partial charge in [-0.2, -0.15) is 0 Å². The molecule has 0 spiro atoms. The maximum Gasteiger partial charge on any atom is 0.268 e. The summed E-state index contributed by atoms with van der Waals surface area (Å²) in [4.78, 5) is 27.2. The van der Waals surface area contributed by atoms with Crippen LogP contribution in [-0.2, 0) is 16.0 Å². The number of hydrogen-bond acceptors (Lipinski definition) is 3. The molecule has 0 saturated carbocycles. The quantitative estimate of drug-likeness (QED) is 0.849. The van der Waals surface area contributed by atoms with E-state index in [1.165, 1.54) is 4.90 Å². The number of hydrogen-bond donors (Lipinski definition) is 1. The molecule has 5 nitrogen and oxygen atoms in total. The van der Waals surface area contributed by atoms with Crippen LogP contribution in [0.25, 0.3) is 0 Å². The molecule has 1 aliphatic heterocycles. The first-order chi connectivity index (χ1) is 12.8. The fourth-order valence-corrected chi connectivity index (χ4v) is 3.45. The minimum absolute atomic E-state index is 0.257. The van der Waals surface area contributed by atoms with Crippen molar-refractivity contribution in [1.29, 1.82) is 0 Å². The van der Waals surface area contributed by atoms with E-state index in [1.54, 1.807) is 32.0 Å². The SMILES string of the molecule is CCc1cccc(C)c1NC(=O)C(C)N1C(=O)C(C)Oc2ccc(Cl)cc21. The van der Waals surface area contributed by atoms with Gasteiger partial charge in [-0.1, -0.05) is 36.7 Å². The molecule has 1 aliphatic rings. The molecule has 2 amide bonds. The maximum atomic E-state index is 13.0. The monoisotopic (exact) mass is 386 g/mol. The average Bonchev–Trinajstić information content (AvgIpc) is 2.64. The number of halogens is 1. The van der Waals surface area contributed by atoms with Crippen molar-refractivity contribution in [3.63, 3.8) is 0 Å². The fourth-order valence-electron chi connectivity index (χ4n) is 3.28. The van der Waals surface area contributed by atoms with Crippen LogP contribution in [0.15, 0.2) is 36.4 Å². The van der Waals surface area contributed by atoms with Gasteiger partial charge in [0, 0.05) is 10.7 Å². The molecule has 1 heterocycles. The molecule has 0 aromatic heterocycles. The molecule has 0 aliphatic carbocycles. The summed E-state index contributed by atoms with van der Waals surface area (Å²) in [7, 11) is 0. The Morgan fingerprint density at radius 1 is 1.33 bits per heavy atom. The number of anilines is 2. The molecule has 2 unspecified atom stereocenters. The molecule has 1 N–H and O–H groups in total. The smallest absolute Gasteiger partial charge is 0.268 e. The lowest BCUT2D eigenvalue weighted by Gasteiger charge is -2.36. The highest BCUT2D eigenvalue weighted by Crippen LogP contribution is 2.37. The Labute approximate surface area is 164 Å². The third kappa shape index (κ3) is 3.65. The van der Waals surface area contributed by atoms with Crippen molar-refractivity contribution >= 4 is 34.8 Å². The van der Waals surface area contributed by atoms with Gasteiger partial charge in [-0.05, 0) is 56.5 Å². The summed E-state index contributed by atoms with van der Waals surface area (Å²) in [6.07, 6.45) is 0.135. The van der Waals surface area contributed by atoms with E-state index in [-0.39, 0.29) is 11.8 Å². The van der Waals surface area contributed by atoms with Gasteiger partial charge >= 0.3 is 0 Å². The second-order valence-corrected chi connectivity index (χ2v) is 7.14. The third-order valence-corrected chi connectivity index (χ3v) is 5.06. The molecule has 0 radical (unpaired) electrons. The van der Waals surface area contributed by atoms with Crippen molar-refractivity contribution in [1.82, 2.24) is 0 Å².